The zero-order valence-corrected chi connectivity index (χ0v) is 10.8. The molecule has 96 valence electrons. The molecule has 1 unspecified atom stereocenters. The second-order valence-corrected chi connectivity index (χ2v) is 4.54. The van der Waals surface area contributed by atoms with Crippen molar-refractivity contribution < 1.29 is 9.52 Å². The number of furan rings is 1. The normalized spacial score (nSPS) is 12.6. The molecule has 0 spiro atoms. The molecule has 0 aliphatic rings. The number of rotatable bonds is 5. The first-order chi connectivity index (χ1) is 8.69. The Morgan fingerprint density at radius 2 is 1.78 bits per heavy atom. The van der Waals surface area contributed by atoms with Crippen LogP contribution in [0.15, 0.2) is 40.8 Å². The minimum atomic E-state index is -0.0481. The first-order valence-electron chi connectivity index (χ1n) is 6.17. The highest BCUT2D eigenvalue weighted by atomic mass is 16.4. The van der Waals surface area contributed by atoms with Gasteiger partial charge in [-0.15, -0.1) is 0 Å². The van der Waals surface area contributed by atoms with Gasteiger partial charge in [-0.1, -0.05) is 29.8 Å². The molecule has 0 aliphatic heterocycles. The number of hydrogen-bond donors (Lipinski definition) is 2. The first kappa shape index (κ1) is 12.9. The Hall–Kier alpha value is -1.58. The Morgan fingerprint density at radius 3 is 2.39 bits per heavy atom. The third-order valence-electron chi connectivity index (χ3n) is 3.03. The van der Waals surface area contributed by atoms with Crippen LogP contribution in [0.1, 0.15) is 35.6 Å². The van der Waals surface area contributed by atoms with Crippen molar-refractivity contribution in [3.05, 3.63) is 59.0 Å². The maximum atomic E-state index is 8.92. The van der Waals surface area contributed by atoms with Crippen molar-refractivity contribution in [3.8, 4) is 0 Å². The molecule has 0 bridgehead atoms. The number of aryl methyl sites for hydroxylation is 1. The van der Waals surface area contributed by atoms with Gasteiger partial charge in [0, 0.05) is 6.04 Å². The molecule has 3 heteroatoms. The quantitative estimate of drug-likeness (QED) is 0.851. The summed E-state index contributed by atoms with van der Waals surface area (Å²) in [4.78, 5) is 0. The number of benzene rings is 1. The molecule has 3 nitrogen and oxygen atoms in total. The van der Waals surface area contributed by atoms with Gasteiger partial charge in [-0.2, -0.15) is 0 Å². The smallest absolute Gasteiger partial charge is 0.129 e. The van der Waals surface area contributed by atoms with Crippen molar-refractivity contribution in [2.75, 3.05) is 0 Å². The van der Waals surface area contributed by atoms with Crippen LogP contribution in [0.3, 0.4) is 0 Å². The summed E-state index contributed by atoms with van der Waals surface area (Å²) >= 11 is 0. The molecule has 18 heavy (non-hydrogen) atoms. The second-order valence-electron chi connectivity index (χ2n) is 4.54. The molecule has 1 aromatic carbocycles. The Morgan fingerprint density at radius 1 is 1.11 bits per heavy atom. The molecule has 0 fully saturated rings. The second kappa shape index (κ2) is 5.85. The van der Waals surface area contributed by atoms with Crippen molar-refractivity contribution in [2.45, 2.75) is 33.0 Å². The van der Waals surface area contributed by atoms with Gasteiger partial charge in [0.25, 0.3) is 0 Å². The highest BCUT2D eigenvalue weighted by molar-refractivity contribution is 5.23. The minimum Gasteiger partial charge on any atom is -0.462 e. The fraction of sp³-hybridized carbons (Fsp3) is 0.333. The monoisotopic (exact) mass is 245 g/mol. The van der Waals surface area contributed by atoms with E-state index < -0.39 is 0 Å². The number of aliphatic hydroxyl groups excluding tert-OH is 1. The van der Waals surface area contributed by atoms with E-state index in [4.69, 9.17) is 9.52 Å². The van der Waals surface area contributed by atoms with Crippen molar-refractivity contribution in [3.63, 3.8) is 0 Å². The maximum Gasteiger partial charge on any atom is 0.129 e. The summed E-state index contributed by atoms with van der Waals surface area (Å²) in [5.74, 6) is 1.45. The summed E-state index contributed by atoms with van der Waals surface area (Å²) in [6.45, 7) is 4.82. The van der Waals surface area contributed by atoms with E-state index in [0.29, 0.717) is 12.3 Å². The largest absolute Gasteiger partial charge is 0.462 e. The van der Waals surface area contributed by atoms with E-state index in [9.17, 15) is 0 Å². The lowest BCUT2D eigenvalue weighted by atomic mass is 10.1. The zero-order chi connectivity index (χ0) is 13.0. The Labute approximate surface area is 107 Å². The van der Waals surface area contributed by atoms with Crippen molar-refractivity contribution in [1.29, 1.82) is 0 Å². The molecule has 0 saturated heterocycles. The third kappa shape index (κ3) is 3.22. The molecule has 2 rings (SSSR count). The van der Waals surface area contributed by atoms with Crippen LogP contribution in [0, 0.1) is 6.92 Å². The van der Waals surface area contributed by atoms with Gasteiger partial charge < -0.3 is 14.8 Å². The summed E-state index contributed by atoms with van der Waals surface area (Å²) in [6, 6.07) is 12.5. The van der Waals surface area contributed by atoms with Gasteiger partial charge in [-0.25, -0.2) is 0 Å². The molecule has 0 saturated carbocycles. The third-order valence-corrected chi connectivity index (χ3v) is 3.03. The molecular formula is C15H19NO2. The lowest BCUT2D eigenvalue weighted by molar-refractivity contribution is 0.242. The predicted octanol–water partition coefficient (Wildman–Crippen LogP) is 2.93. The average Bonchev–Trinajstić information content (AvgIpc) is 2.85. The lowest BCUT2D eigenvalue weighted by Crippen LogP contribution is -2.17. The molecule has 1 atom stereocenters. The summed E-state index contributed by atoms with van der Waals surface area (Å²) < 4.78 is 5.43. The SMILES string of the molecule is Cc1ccc(C(C)NCc2ccc(CO)o2)cc1. The van der Waals surface area contributed by atoms with E-state index in [-0.39, 0.29) is 12.6 Å². The predicted molar refractivity (Wildman–Crippen MR) is 71.1 cm³/mol. The summed E-state index contributed by atoms with van der Waals surface area (Å²) in [7, 11) is 0. The highest BCUT2D eigenvalue weighted by Crippen LogP contribution is 2.14. The lowest BCUT2D eigenvalue weighted by Gasteiger charge is -2.13. The van der Waals surface area contributed by atoms with E-state index in [2.05, 4.69) is 43.4 Å². The summed E-state index contributed by atoms with van der Waals surface area (Å²) in [5, 5.41) is 12.3. The number of nitrogens with one attached hydrogen (secondary N) is 1. The van der Waals surface area contributed by atoms with Crippen LogP contribution in [0.2, 0.25) is 0 Å². The topological polar surface area (TPSA) is 45.4 Å². The Kier molecular flexibility index (Phi) is 4.18. The summed E-state index contributed by atoms with van der Waals surface area (Å²) in [6.07, 6.45) is 0. The molecule has 2 aromatic rings. The van der Waals surface area contributed by atoms with Crippen molar-refractivity contribution in [1.82, 2.24) is 5.32 Å². The average molecular weight is 245 g/mol. The molecule has 0 amide bonds. The standard InChI is InChI=1S/C15H19NO2/c1-11-3-5-13(6-4-11)12(2)16-9-14-7-8-15(10-17)18-14/h3-8,12,16-17H,9-10H2,1-2H3. The first-order valence-corrected chi connectivity index (χ1v) is 6.17. The van der Waals surface area contributed by atoms with Gasteiger partial charge in [0.15, 0.2) is 0 Å². The van der Waals surface area contributed by atoms with Gasteiger partial charge >= 0.3 is 0 Å². The van der Waals surface area contributed by atoms with E-state index in [0.717, 1.165) is 5.76 Å². The molecule has 2 N–H and O–H groups in total. The van der Waals surface area contributed by atoms with Crippen LogP contribution in [-0.2, 0) is 13.2 Å². The van der Waals surface area contributed by atoms with E-state index in [1.165, 1.54) is 11.1 Å². The highest BCUT2D eigenvalue weighted by Gasteiger charge is 2.06. The van der Waals surface area contributed by atoms with Crippen LogP contribution in [0.25, 0.3) is 0 Å². The van der Waals surface area contributed by atoms with Crippen LogP contribution in [-0.4, -0.2) is 5.11 Å². The van der Waals surface area contributed by atoms with Crippen LogP contribution in [0.5, 0.6) is 0 Å². The van der Waals surface area contributed by atoms with Crippen LogP contribution >= 0.6 is 0 Å². The maximum absolute atomic E-state index is 8.92. The Bertz CT molecular complexity index is 487. The van der Waals surface area contributed by atoms with Gasteiger partial charge in [-0.3, -0.25) is 0 Å². The van der Waals surface area contributed by atoms with E-state index in [1.807, 2.05) is 6.07 Å². The molecule has 1 heterocycles. The van der Waals surface area contributed by atoms with Crippen LogP contribution < -0.4 is 5.32 Å². The van der Waals surface area contributed by atoms with Gasteiger partial charge in [0.05, 0.1) is 6.54 Å². The molecule has 0 radical (unpaired) electrons. The van der Waals surface area contributed by atoms with Gasteiger partial charge in [0.1, 0.15) is 18.1 Å². The van der Waals surface area contributed by atoms with E-state index in [1.54, 1.807) is 6.07 Å². The van der Waals surface area contributed by atoms with Crippen LogP contribution in [0.4, 0.5) is 0 Å². The van der Waals surface area contributed by atoms with E-state index >= 15 is 0 Å². The molecule has 1 aromatic heterocycles. The molecule has 0 aliphatic carbocycles. The fourth-order valence-corrected chi connectivity index (χ4v) is 1.83. The number of hydrogen-bond acceptors (Lipinski definition) is 3. The zero-order valence-electron chi connectivity index (χ0n) is 10.8. The summed E-state index contributed by atoms with van der Waals surface area (Å²) in [5.41, 5.74) is 2.53. The number of aliphatic hydroxyl groups is 1. The van der Waals surface area contributed by atoms with Crippen molar-refractivity contribution in [2.24, 2.45) is 0 Å². The van der Waals surface area contributed by atoms with Gasteiger partial charge in [-0.05, 0) is 31.5 Å². The van der Waals surface area contributed by atoms with Crippen molar-refractivity contribution >= 4 is 0 Å². The Balaban J connectivity index is 1.91. The fourth-order valence-electron chi connectivity index (χ4n) is 1.83. The molecular weight excluding hydrogens is 226 g/mol. The van der Waals surface area contributed by atoms with Gasteiger partial charge in [0.2, 0.25) is 0 Å². The minimum absolute atomic E-state index is 0.0481.